The topological polar surface area (TPSA) is 63.3 Å². The maximum Gasteiger partial charge on any atom is 0.336 e. The van der Waals surface area contributed by atoms with Crippen molar-refractivity contribution < 1.29 is 18.7 Å². The van der Waals surface area contributed by atoms with Crippen LogP contribution in [0.5, 0.6) is 0 Å². The first-order valence-electron chi connectivity index (χ1n) is 5.06. The highest BCUT2D eigenvalue weighted by Gasteiger charge is 2.13. The molecule has 0 saturated carbocycles. The van der Waals surface area contributed by atoms with Crippen LogP contribution in [0, 0.1) is 11.6 Å². The zero-order chi connectivity index (χ0) is 13.3. The van der Waals surface area contributed by atoms with E-state index in [1.54, 1.807) is 0 Å². The molecular weight excluding hydrogens is 240 g/mol. The van der Waals surface area contributed by atoms with E-state index in [4.69, 9.17) is 10.8 Å². The fourth-order valence-electron chi connectivity index (χ4n) is 1.70. The minimum atomic E-state index is -1.21. The lowest BCUT2D eigenvalue weighted by Gasteiger charge is -2.07. The molecule has 0 atom stereocenters. The van der Waals surface area contributed by atoms with Crippen molar-refractivity contribution in [1.29, 1.82) is 0 Å². The Morgan fingerprint density at radius 3 is 2.22 bits per heavy atom. The van der Waals surface area contributed by atoms with E-state index < -0.39 is 17.6 Å². The Labute approximate surface area is 101 Å². The van der Waals surface area contributed by atoms with E-state index in [2.05, 4.69) is 0 Å². The monoisotopic (exact) mass is 249 g/mol. The molecule has 2 aromatic rings. The summed E-state index contributed by atoms with van der Waals surface area (Å²) in [6.07, 6.45) is 0. The summed E-state index contributed by atoms with van der Waals surface area (Å²) in [7, 11) is 0. The number of carboxylic acid groups (broad SMARTS) is 1. The lowest BCUT2D eigenvalue weighted by atomic mass is 9.99. The van der Waals surface area contributed by atoms with Gasteiger partial charge in [0.25, 0.3) is 0 Å². The van der Waals surface area contributed by atoms with Crippen molar-refractivity contribution in [2.45, 2.75) is 0 Å². The molecule has 3 N–H and O–H groups in total. The number of nitrogens with two attached hydrogens (primary N) is 1. The zero-order valence-electron chi connectivity index (χ0n) is 9.15. The van der Waals surface area contributed by atoms with E-state index in [1.165, 1.54) is 18.2 Å². The molecule has 0 fully saturated rings. The highest BCUT2D eigenvalue weighted by molar-refractivity contribution is 5.97. The van der Waals surface area contributed by atoms with Gasteiger partial charge in [-0.15, -0.1) is 0 Å². The van der Waals surface area contributed by atoms with Crippen molar-refractivity contribution in [3.05, 3.63) is 53.6 Å². The molecular formula is C13H9F2NO2. The van der Waals surface area contributed by atoms with Crippen LogP contribution in [0.3, 0.4) is 0 Å². The van der Waals surface area contributed by atoms with Crippen LogP contribution in [0.1, 0.15) is 10.4 Å². The molecule has 0 spiro atoms. The van der Waals surface area contributed by atoms with Crippen molar-refractivity contribution in [2.24, 2.45) is 0 Å². The standard InChI is InChI=1S/C13H9F2NO2/c14-8-3-7(4-9(15)5-8)11-2-1-10(16)6-12(11)13(17)18/h1-6H,16H2,(H,17,18). The molecule has 0 radical (unpaired) electrons. The van der Waals surface area contributed by atoms with Gasteiger partial charge in [0.15, 0.2) is 0 Å². The first-order valence-corrected chi connectivity index (χ1v) is 5.06. The molecule has 0 aliphatic rings. The third kappa shape index (κ3) is 2.29. The first-order chi connectivity index (χ1) is 8.47. The summed E-state index contributed by atoms with van der Waals surface area (Å²) >= 11 is 0. The average Bonchev–Trinajstić information content (AvgIpc) is 2.27. The van der Waals surface area contributed by atoms with Gasteiger partial charge in [0.1, 0.15) is 11.6 Å². The largest absolute Gasteiger partial charge is 0.478 e. The lowest BCUT2D eigenvalue weighted by Crippen LogP contribution is -2.01. The van der Waals surface area contributed by atoms with Crippen LogP contribution in [0.4, 0.5) is 14.5 Å². The van der Waals surface area contributed by atoms with E-state index in [0.29, 0.717) is 0 Å². The van der Waals surface area contributed by atoms with Crippen molar-refractivity contribution >= 4 is 11.7 Å². The van der Waals surface area contributed by atoms with Crippen molar-refractivity contribution in [3.63, 3.8) is 0 Å². The minimum absolute atomic E-state index is 0.0972. The average molecular weight is 249 g/mol. The molecule has 18 heavy (non-hydrogen) atoms. The summed E-state index contributed by atoms with van der Waals surface area (Å²) in [5.74, 6) is -2.74. The molecule has 3 nitrogen and oxygen atoms in total. The van der Waals surface area contributed by atoms with Crippen LogP contribution in [0.25, 0.3) is 11.1 Å². The molecule has 0 unspecified atom stereocenters. The number of benzene rings is 2. The molecule has 0 heterocycles. The van der Waals surface area contributed by atoms with Crippen LogP contribution < -0.4 is 5.73 Å². The molecule has 0 aliphatic heterocycles. The predicted molar refractivity (Wildman–Crippen MR) is 63.2 cm³/mol. The SMILES string of the molecule is Nc1ccc(-c2cc(F)cc(F)c2)c(C(=O)O)c1. The summed E-state index contributed by atoms with van der Waals surface area (Å²) in [6.45, 7) is 0. The zero-order valence-corrected chi connectivity index (χ0v) is 9.15. The normalized spacial score (nSPS) is 10.3. The number of carbonyl (C=O) groups is 1. The number of carboxylic acids is 1. The molecule has 2 aromatic carbocycles. The van der Waals surface area contributed by atoms with Gasteiger partial charge in [-0.05, 0) is 35.4 Å². The molecule has 0 aromatic heterocycles. The van der Waals surface area contributed by atoms with Crippen LogP contribution in [0.15, 0.2) is 36.4 Å². The second kappa shape index (κ2) is 4.44. The van der Waals surface area contributed by atoms with Crippen LogP contribution >= 0.6 is 0 Å². The molecule has 0 bridgehead atoms. The number of rotatable bonds is 2. The second-order valence-corrected chi connectivity index (χ2v) is 3.77. The quantitative estimate of drug-likeness (QED) is 0.804. The van der Waals surface area contributed by atoms with E-state index >= 15 is 0 Å². The Morgan fingerprint density at radius 1 is 1.06 bits per heavy atom. The number of aromatic carboxylic acids is 1. The van der Waals surface area contributed by atoms with E-state index in [0.717, 1.165) is 18.2 Å². The van der Waals surface area contributed by atoms with Gasteiger partial charge in [-0.25, -0.2) is 13.6 Å². The maximum atomic E-state index is 13.1. The van der Waals surface area contributed by atoms with Crippen LogP contribution in [0.2, 0.25) is 0 Å². The van der Waals surface area contributed by atoms with Gasteiger partial charge in [0.2, 0.25) is 0 Å². The molecule has 0 amide bonds. The summed E-state index contributed by atoms with van der Waals surface area (Å²) in [5.41, 5.74) is 6.04. The van der Waals surface area contributed by atoms with Gasteiger partial charge in [-0.1, -0.05) is 6.07 Å². The van der Waals surface area contributed by atoms with Crippen LogP contribution in [-0.2, 0) is 0 Å². The fraction of sp³-hybridized carbons (Fsp3) is 0. The van der Waals surface area contributed by atoms with Gasteiger partial charge in [0, 0.05) is 11.8 Å². The Kier molecular flexibility index (Phi) is 2.97. The maximum absolute atomic E-state index is 13.1. The Bertz CT molecular complexity index is 606. The highest BCUT2D eigenvalue weighted by Crippen LogP contribution is 2.27. The number of halogens is 2. The van der Waals surface area contributed by atoms with Gasteiger partial charge >= 0.3 is 5.97 Å². The number of hydrogen-bond acceptors (Lipinski definition) is 2. The molecule has 5 heteroatoms. The first kappa shape index (κ1) is 12.0. The van der Waals surface area contributed by atoms with Crippen molar-refractivity contribution in [3.8, 4) is 11.1 Å². The smallest absolute Gasteiger partial charge is 0.336 e. The van der Waals surface area contributed by atoms with Gasteiger partial charge in [0.05, 0.1) is 5.56 Å². The van der Waals surface area contributed by atoms with Gasteiger partial charge in [-0.3, -0.25) is 0 Å². The molecule has 92 valence electrons. The molecule has 0 saturated heterocycles. The fourth-order valence-corrected chi connectivity index (χ4v) is 1.70. The van der Waals surface area contributed by atoms with Gasteiger partial charge in [-0.2, -0.15) is 0 Å². The highest BCUT2D eigenvalue weighted by atomic mass is 19.1. The summed E-state index contributed by atoms with van der Waals surface area (Å²) in [4.78, 5) is 11.1. The Balaban J connectivity index is 2.66. The Hall–Kier alpha value is -2.43. The lowest BCUT2D eigenvalue weighted by molar-refractivity contribution is 0.0697. The minimum Gasteiger partial charge on any atom is -0.478 e. The van der Waals surface area contributed by atoms with Crippen LogP contribution in [-0.4, -0.2) is 11.1 Å². The third-order valence-electron chi connectivity index (χ3n) is 2.45. The van der Waals surface area contributed by atoms with E-state index in [1.807, 2.05) is 0 Å². The second-order valence-electron chi connectivity index (χ2n) is 3.77. The summed E-state index contributed by atoms with van der Waals surface area (Å²) in [6, 6.07) is 7.02. The summed E-state index contributed by atoms with van der Waals surface area (Å²) in [5, 5.41) is 9.05. The Morgan fingerprint density at radius 2 is 1.67 bits per heavy atom. The number of nitrogen functional groups attached to an aromatic ring is 1. The van der Waals surface area contributed by atoms with E-state index in [-0.39, 0.29) is 22.4 Å². The van der Waals surface area contributed by atoms with E-state index in [9.17, 15) is 13.6 Å². The molecule has 0 aliphatic carbocycles. The van der Waals surface area contributed by atoms with Gasteiger partial charge < -0.3 is 10.8 Å². The number of anilines is 1. The number of hydrogen-bond donors (Lipinski definition) is 2. The van der Waals surface area contributed by atoms with Crippen molar-refractivity contribution in [2.75, 3.05) is 5.73 Å². The summed E-state index contributed by atoms with van der Waals surface area (Å²) < 4.78 is 26.2. The third-order valence-corrected chi connectivity index (χ3v) is 2.45. The molecule has 2 rings (SSSR count). The predicted octanol–water partition coefficient (Wildman–Crippen LogP) is 2.91. The van der Waals surface area contributed by atoms with Crippen molar-refractivity contribution in [1.82, 2.24) is 0 Å².